The van der Waals surface area contributed by atoms with E-state index in [1.807, 2.05) is 38.1 Å². The molecule has 2 heterocycles. The van der Waals surface area contributed by atoms with Gasteiger partial charge in [0.15, 0.2) is 0 Å². The van der Waals surface area contributed by atoms with E-state index in [0.29, 0.717) is 18.7 Å². The molecule has 0 saturated carbocycles. The number of carbonyl (C=O) groups is 1. The zero-order valence-electron chi connectivity index (χ0n) is 17.4. The Morgan fingerprint density at radius 1 is 0.968 bits per heavy atom. The molecule has 0 radical (unpaired) electrons. The highest BCUT2D eigenvalue weighted by molar-refractivity contribution is 7.89. The highest BCUT2D eigenvalue weighted by Crippen LogP contribution is 2.26. The van der Waals surface area contributed by atoms with Gasteiger partial charge in [0, 0.05) is 24.6 Å². The first-order valence-electron chi connectivity index (χ1n) is 10.1. The van der Waals surface area contributed by atoms with Crippen molar-refractivity contribution in [2.75, 3.05) is 18.4 Å². The minimum absolute atomic E-state index is 0.0373. The molecule has 0 aliphatic carbocycles. The summed E-state index contributed by atoms with van der Waals surface area (Å²) >= 11 is 0. The molecule has 2 aromatic carbocycles. The van der Waals surface area contributed by atoms with Gasteiger partial charge in [-0.3, -0.25) is 10.1 Å². The number of nitrogens with one attached hydrogen (secondary N) is 1. The van der Waals surface area contributed by atoms with Gasteiger partial charge in [-0.2, -0.15) is 4.31 Å². The van der Waals surface area contributed by atoms with Crippen LogP contribution in [0.3, 0.4) is 0 Å². The van der Waals surface area contributed by atoms with E-state index in [1.54, 1.807) is 24.3 Å². The monoisotopic (exact) mass is 440 g/mol. The number of hydrogen-bond acceptors (Lipinski definition) is 6. The number of hydrogen-bond donors (Lipinski definition) is 1. The van der Waals surface area contributed by atoms with E-state index in [-0.39, 0.29) is 35.8 Å². The molecule has 1 amide bonds. The Bertz CT molecular complexity index is 1160. The van der Waals surface area contributed by atoms with E-state index >= 15 is 0 Å². The van der Waals surface area contributed by atoms with Crippen molar-refractivity contribution >= 4 is 21.9 Å². The smallest absolute Gasteiger partial charge is 0.322 e. The van der Waals surface area contributed by atoms with Crippen molar-refractivity contribution in [3.8, 4) is 11.5 Å². The molecule has 9 heteroatoms. The lowest BCUT2D eigenvalue weighted by Gasteiger charge is -2.30. The van der Waals surface area contributed by atoms with Gasteiger partial charge in [0.2, 0.25) is 21.8 Å². The molecule has 8 nitrogen and oxygen atoms in total. The maximum atomic E-state index is 12.8. The predicted octanol–water partition coefficient (Wildman–Crippen LogP) is 3.39. The summed E-state index contributed by atoms with van der Waals surface area (Å²) in [6.45, 7) is 4.47. The van der Waals surface area contributed by atoms with Crippen molar-refractivity contribution in [3.05, 3.63) is 59.7 Å². The number of benzene rings is 2. The first-order chi connectivity index (χ1) is 14.8. The highest BCUT2D eigenvalue weighted by Gasteiger charge is 2.32. The average Bonchev–Trinajstić information content (AvgIpc) is 3.23. The third-order valence-corrected chi connectivity index (χ3v) is 7.35. The van der Waals surface area contributed by atoms with E-state index in [0.717, 1.165) is 16.7 Å². The molecule has 4 rings (SSSR count). The van der Waals surface area contributed by atoms with Crippen LogP contribution in [0.4, 0.5) is 6.01 Å². The zero-order chi connectivity index (χ0) is 22.0. The average molecular weight is 441 g/mol. The van der Waals surface area contributed by atoms with Crippen LogP contribution < -0.4 is 5.32 Å². The van der Waals surface area contributed by atoms with Crippen LogP contribution in [0.2, 0.25) is 0 Å². The lowest BCUT2D eigenvalue weighted by atomic mass is 9.97. The highest BCUT2D eigenvalue weighted by atomic mass is 32.2. The van der Waals surface area contributed by atoms with Crippen LogP contribution in [-0.2, 0) is 14.8 Å². The molecule has 1 aliphatic rings. The number of carbonyl (C=O) groups excluding carboxylic acids is 1. The molecule has 1 fully saturated rings. The van der Waals surface area contributed by atoms with Crippen LogP contribution in [0.15, 0.2) is 57.8 Å². The van der Waals surface area contributed by atoms with Gasteiger partial charge >= 0.3 is 6.01 Å². The summed E-state index contributed by atoms with van der Waals surface area (Å²) in [5, 5.41) is 10.5. The quantitative estimate of drug-likeness (QED) is 0.652. The van der Waals surface area contributed by atoms with Crippen LogP contribution in [0.25, 0.3) is 11.5 Å². The van der Waals surface area contributed by atoms with Gasteiger partial charge < -0.3 is 4.42 Å². The fourth-order valence-electron chi connectivity index (χ4n) is 3.51. The first kappa shape index (κ1) is 21.2. The van der Waals surface area contributed by atoms with Crippen LogP contribution in [0.1, 0.15) is 24.0 Å². The lowest BCUT2D eigenvalue weighted by molar-refractivity contribution is -0.121. The molecule has 1 aromatic heterocycles. The lowest BCUT2D eigenvalue weighted by Crippen LogP contribution is -2.41. The summed E-state index contributed by atoms with van der Waals surface area (Å²) in [5.41, 5.74) is 2.89. The van der Waals surface area contributed by atoms with Gasteiger partial charge in [0.25, 0.3) is 0 Å². The zero-order valence-corrected chi connectivity index (χ0v) is 18.2. The Labute approximate surface area is 181 Å². The Balaban J connectivity index is 1.35. The molecule has 31 heavy (non-hydrogen) atoms. The number of nitrogens with zero attached hydrogens (tertiary/aromatic N) is 3. The molecule has 3 aromatic rings. The molecular weight excluding hydrogens is 416 g/mol. The molecular formula is C22H24N4O4S. The number of piperidine rings is 1. The molecule has 162 valence electrons. The number of aryl methyl sites for hydroxylation is 2. The van der Waals surface area contributed by atoms with Gasteiger partial charge in [-0.15, -0.1) is 5.10 Å². The summed E-state index contributed by atoms with van der Waals surface area (Å²) in [6, 6.07) is 14.5. The summed E-state index contributed by atoms with van der Waals surface area (Å²) in [4.78, 5) is 12.9. The third-order valence-electron chi connectivity index (χ3n) is 5.44. The maximum Gasteiger partial charge on any atom is 0.322 e. The standard InChI is InChI=1S/C22H24N4O4S/c1-15-3-7-18(8-4-15)21-24-25-22(30-21)23-20(27)17-11-13-26(14-12-17)31(28,29)19-9-5-16(2)6-10-19/h3-10,17H,11-14H2,1-2H3,(H,23,25,27). The predicted molar refractivity (Wildman–Crippen MR) is 116 cm³/mol. The minimum Gasteiger partial charge on any atom is -0.403 e. The molecule has 0 atom stereocenters. The number of amides is 1. The number of rotatable bonds is 5. The van der Waals surface area contributed by atoms with Crippen LogP contribution in [-0.4, -0.2) is 41.9 Å². The summed E-state index contributed by atoms with van der Waals surface area (Å²) in [6.07, 6.45) is 0.853. The van der Waals surface area contributed by atoms with Gasteiger partial charge in [-0.1, -0.05) is 40.5 Å². The minimum atomic E-state index is -3.56. The number of anilines is 1. The fourth-order valence-corrected chi connectivity index (χ4v) is 4.98. The second-order valence-electron chi connectivity index (χ2n) is 7.76. The van der Waals surface area contributed by atoms with Gasteiger partial charge in [-0.05, 0) is 51.0 Å². The Morgan fingerprint density at radius 3 is 2.16 bits per heavy atom. The normalized spacial score (nSPS) is 15.7. The number of aromatic nitrogens is 2. The molecule has 1 saturated heterocycles. The summed E-state index contributed by atoms with van der Waals surface area (Å²) in [7, 11) is -3.56. The van der Waals surface area contributed by atoms with E-state index in [1.165, 1.54) is 4.31 Å². The van der Waals surface area contributed by atoms with Gasteiger partial charge in [0.05, 0.1) is 4.90 Å². The van der Waals surface area contributed by atoms with Crippen molar-refractivity contribution in [1.29, 1.82) is 0 Å². The third kappa shape index (κ3) is 4.67. The molecule has 1 N–H and O–H groups in total. The Morgan fingerprint density at radius 2 is 1.55 bits per heavy atom. The van der Waals surface area contributed by atoms with E-state index < -0.39 is 10.0 Å². The van der Waals surface area contributed by atoms with E-state index in [4.69, 9.17) is 4.42 Å². The van der Waals surface area contributed by atoms with Crippen molar-refractivity contribution < 1.29 is 17.6 Å². The SMILES string of the molecule is Cc1ccc(-c2nnc(NC(=O)C3CCN(S(=O)(=O)c4ccc(C)cc4)CC3)o2)cc1. The second kappa shape index (κ2) is 8.60. The van der Waals surface area contributed by atoms with Gasteiger partial charge in [0.1, 0.15) is 0 Å². The van der Waals surface area contributed by atoms with Crippen LogP contribution in [0.5, 0.6) is 0 Å². The van der Waals surface area contributed by atoms with Crippen molar-refractivity contribution in [2.45, 2.75) is 31.6 Å². The van der Waals surface area contributed by atoms with Crippen LogP contribution in [0, 0.1) is 19.8 Å². The Kier molecular flexibility index (Phi) is 5.88. The van der Waals surface area contributed by atoms with Gasteiger partial charge in [-0.25, -0.2) is 8.42 Å². The van der Waals surface area contributed by atoms with E-state index in [9.17, 15) is 13.2 Å². The molecule has 0 bridgehead atoms. The molecule has 0 unspecified atom stereocenters. The maximum absolute atomic E-state index is 12.8. The van der Waals surface area contributed by atoms with Crippen molar-refractivity contribution in [2.24, 2.45) is 5.92 Å². The van der Waals surface area contributed by atoms with E-state index in [2.05, 4.69) is 15.5 Å². The first-order valence-corrected chi connectivity index (χ1v) is 11.6. The van der Waals surface area contributed by atoms with Crippen LogP contribution >= 0.6 is 0 Å². The fraction of sp³-hybridized carbons (Fsp3) is 0.318. The second-order valence-corrected chi connectivity index (χ2v) is 9.70. The summed E-state index contributed by atoms with van der Waals surface area (Å²) < 4.78 is 32.6. The van der Waals surface area contributed by atoms with Crippen molar-refractivity contribution in [1.82, 2.24) is 14.5 Å². The molecule has 1 aliphatic heterocycles. The summed E-state index contributed by atoms with van der Waals surface area (Å²) in [5.74, 6) is -0.236. The topological polar surface area (TPSA) is 105 Å². The van der Waals surface area contributed by atoms with Crippen molar-refractivity contribution in [3.63, 3.8) is 0 Å². The number of sulfonamides is 1. The largest absolute Gasteiger partial charge is 0.403 e. The molecule has 0 spiro atoms. The Hall–Kier alpha value is -3.04.